The van der Waals surface area contributed by atoms with Gasteiger partial charge in [-0.25, -0.2) is 4.57 Å². The first-order chi connectivity index (χ1) is 12.7. The number of nitrogens with zero attached hydrogens (tertiary/aromatic N) is 1. The maximum absolute atomic E-state index is 2.47. The fourth-order valence-electron chi connectivity index (χ4n) is 5.24. The Morgan fingerprint density at radius 1 is 0.885 bits per heavy atom. The van der Waals surface area contributed by atoms with E-state index in [1.54, 1.807) is 16.7 Å². The van der Waals surface area contributed by atoms with Crippen LogP contribution in [0.25, 0.3) is 22.0 Å². The van der Waals surface area contributed by atoms with Crippen molar-refractivity contribution in [3.8, 4) is 11.3 Å². The predicted molar refractivity (Wildman–Crippen MR) is 109 cm³/mol. The molecule has 1 fully saturated rings. The van der Waals surface area contributed by atoms with E-state index in [0.717, 1.165) is 5.92 Å². The second kappa shape index (κ2) is 6.23. The molecule has 5 rings (SSSR count). The van der Waals surface area contributed by atoms with E-state index in [-0.39, 0.29) is 0 Å². The molecule has 0 spiro atoms. The number of hydrogen-bond acceptors (Lipinski definition) is 0. The van der Waals surface area contributed by atoms with Gasteiger partial charge < -0.3 is 0 Å². The van der Waals surface area contributed by atoms with Crippen molar-refractivity contribution < 1.29 is 4.57 Å². The van der Waals surface area contributed by atoms with Gasteiger partial charge in [-0.05, 0) is 84.7 Å². The molecule has 132 valence electrons. The van der Waals surface area contributed by atoms with Gasteiger partial charge >= 0.3 is 0 Å². The molecule has 2 aliphatic rings. The maximum atomic E-state index is 2.47. The van der Waals surface area contributed by atoms with E-state index in [1.165, 1.54) is 72.5 Å². The van der Waals surface area contributed by atoms with Gasteiger partial charge in [0.2, 0.25) is 5.69 Å². The van der Waals surface area contributed by atoms with E-state index >= 15 is 0 Å². The summed E-state index contributed by atoms with van der Waals surface area (Å²) in [6.07, 6.45) is 11.6. The molecule has 2 aromatic carbocycles. The first kappa shape index (κ1) is 16.1. The van der Waals surface area contributed by atoms with E-state index in [9.17, 15) is 0 Å². The van der Waals surface area contributed by atoms with E-state index < -0.39 is 0 Å². The Hall–Kier alpha value is -2.15. The zero-order valence-corrected chi connectivity index (χ0v) is 16.0. The van der Waals surface area contributed by atoms with Crippen molar-refractivity contribution in [2.75, 3.05) is 0 Å². The summed E-state index contributed by atoms with van der Waals surface area (Å²) in [7, 11) is 2.19. The van der Waals surface area contributed by atoms with Crippen molar-refractivity contribution in [2.24, 2.45) is 7.05 Å². The Balaban J connectivity index is 1.69. The summed E-state index contributed by atoms with van der Waals surface area (Å²) in [4.78, 5) is 0. The van der Waals surface area contributed by atoms with E-state index in [0.29, 0.717) is 0 Å². The van der Waals surface area contributed by atoms with Crippen LogP contribution in [0.15, 0.2) is 42.6 Å². The minimum Gasteiger partial charge on any atom is -0.200 e. The summed E-state index contributed by atoms with van der Waals surface area (Å²) < 4.78 is 2.31. The highest BCUT2D eigenvalue weighted by molar-refractivity contribution is 5.94. The highest BCUT2D eigenvalue weighted by atomic mass is 14.9. The minimum atomic E-state index is 0.776. The fraction of sp³-hybridized carbons (Fsp3) is 0.400. The minimum absolute atomic E-state index is 0.776. The van der Waals surface area contributed by atoms with E-state index in [1.807, 2.05) is 0 Å². The Kier molecular flexibility index (Phi) is 3.85. The Morgan fingerprint density at radius 3 is 2.46 bits per heavy atom. The third-order valence-electron chi connectivity index (χ3n) is 6.68. The van der Waals surface area contributed by atoms with Crippen molar-refractivity contribution >= 4 is 10.8 Å². The van der Waals surface area contributed by atoms with Crippen molar-refractivity contribution in [2.45, 2.75) is 57.8 Å². The molecule has 1 aromatic heterocycles. The van der Waals surface area contributed by atoms with Gasteiger partial charge in [0.25, 0.3) is 0 Å². The molecule has 0 unspecified atom stereocenters. The number of hydrogen-bond donors (Lipinski definition) is 0. The number of aromatic nitrogens is 1. The average molecular weight is 343 g/mol. The number of benzene rings is 2. The Labute approximate surface area is 156 Å². The number of rotatable bonds is 2. The lowest BCUT2D eigenvalue weighted by Gasteiger charge is -2.13. The SMILES string of the molecule is Cc1cc2c(cc1-c1c3ccc(C4CCCC4)cc3cc[n+]1C)CCC2. The van der Waals surface area contributed by atoms with Crippen LogP contribution in [0.4, 0.5) is 0 Å². The summed E-state index contributed by atoms with van der Waals surface area (Å²) in [5.74, 6) is 0.776. The average Bonchev–Trinajstić information content (AvgIpc) is 3.32. The van der Waals surface area contributed by atoms with Gasteiger partial charge in [0, 0.05) is 11.6 Å². The molecule has 0 atom stereocenters. The number of aryl methyl sites for hydroxylation is 4. The summed E-state index contributed by atoms with van der Waals surface area (Å²) in [5, 5.41) is 2.78. The van der Waals surface area contributed by atoms with Crippen molar-refractivity contribution in [1.82, 2.24) is 0 Å². The predicted octanol–water partition coefficient (Wildman–Crippen LogP) is 5.79. The van der Waals surface area contributed by atoms with Gasteiger partial charge in [-0.2, -0.15) is 0 Å². The summed E-state index contributed by atoms with van der Waals surface area (Å²) in [6, 6.07) is 14.4. The van der Waals surface area contributed by atoms with Crippen LogP contribution in [0.2, 0.25) is 0 Å². The van der Waals surface area contributed by atoms with Crippen molar-refractivity contribution in [3.63, 3.8) is 0 Å². The van der Waals surface area contributed by atoms with Gasteiger partial charge in [0.15, 0.2) is 6.20 Å². The van der Waals surface area contributed by atoms with Gasteiger partial charge in [-0.3, -0.25) is 0 Å². The largest absolute Gasteiger partial charge is 0.220 e. The molecular formula is C25H28N+. The maximum Gasteiger partial charge on any atom is 0.220 e. The topological polar surface area (TPSA) is 3.88 Å². The molecule has 26 heavy (non-hydrogen) atoms. The van der Waals surface area contributed by atoms with Crippen LogP contribution in [0.5, 0.6) is 0 Å². The first-order valence-electron chi connectivity index (χ1n) is 10.3. The zero-order chi connectivity index (χ0) is 17.7. The Bertz CT molecular complexity index is 993. The highest BCUT2D eigenvalue weighted by Gasteiger charge is 2.22. The van der Waals surface area contributed by atoms with Gasteiger partial charge in [0.05, 0.1) is 5.39 Å². The van der Waals surface area contributed by atoms with E-state index in [2.05, 4.69) is 61.1 Å². The number of fused-ring (bicyclic) bond motifs is 2. The molecule has 0 N–H and O–H groups in total. The van der Waals surface area contributed by atoms with Crippen LogP contribution in [0, 0.1) is 6.92 Å². The molecule has 0 aliphatic heterocycles. The van der Waals surface area contributed by atoms with Crippen molar-refractivity contribution in [3.05, 3.63) is 64.8 Å². The lowest BCUT2D eigenvalue weighted by molar-refractivity contribution is -0.659. The molecular weight excluding hydrogens is 314 g/mol. The molecule has 0 bridgehead atoms. The molecule has 0 saturated heterocycles. The molecule has 0 radical (unpaired) electrons. The van der Waals surface area contributed by atoms with Crippen LogP contribution >= 0.6 is 0 Å². The van der Waals surface area contributed by atoms with Crippen LogP contribution in [0.1, 0.15) is 60.3 Å². The molecule has 1 nitrogen and oxygen atoms in total. The van der Waals surface area contributed by atoms with Crippen LogP contribution in [-0.4, -0.2) is 0 Å². The fourth-order valence-corrected chi connectivity index (χ4v) is 5.24. The van der Waals surface area contributed by atoms with Crippen LogP contribution in [-0.2, 0) is 19.9 Å². The summed E-state index contributed by atoms with van der Waals surface area (Å²) >= 11 is 0. The third-order valence-corrected chi connectivity index (χ3v) is 6.68. The molecule has 1 heterocycles. The standard InChI is InChI=1S/C25H28N/c1-17-14-19-8-5-9-20(19)16-24(17)25-23-11-10-21(18-6-3-4-7-18)15-22(23)12-13-26(25)2/h10-16,18H,3-9H2,1-2H3/q+1. The lowest BCUT2D eigenvalue weighted by Crippen LogP contribution is -2.30. The third kappa shape index (κ3) is 2.57. The van der Waals surface area contributed by atoms with Gasteiger partial charge in [-0.15, -0.1) is 0 Å². The van der Waals surface area contributed by atoms with E-state index in [4.69, 9.17) is 0 Å². The van der Waals surface area contributed by atoms with Gasteiger partial charge in [-0.1, -0.05) is 31.0 Å². The molecule has 0 amide bonds. The normalized spacial score (nSPS) is 17.2. The molecule has 1 heteroatoms. The summed E-state index contributed by atoms with van der Waals surface area (Å²) in [6.45, 7) is 2.28. The first-order valence-corrected chi connectivity index (χ1v) is 10.3. The quantitative estimate of drug-likeness (QED) is 0.519. The van der Waals surface area contributed by atoms with Crippen LogP contribution < -0.4 is 4.57 Å². The van der Waals surface area contributed by atoms with Crippen molar-refractivity contribution in [1.29, 1.82) is 0 Å². The monoisotopic (exact) mass is 342 g/mol. The Morgan fingerprint density at radius 2 is 1.65 bits per heavy atom. The smallest absolute Gasteiger partial charge is 0.200 e. The summed E-state index contributed by atoms with van der Waals surface area (Å²) in [5.41, 5.74) is 8.86. The van der Waals surface area contributed by atoms with Crippen LogP contribution in [0.3, 0.4) is 0 Å². The second-order valence-corrected chi connectivity index (χ2v) is 8.39. The second-order valence-electron chi connectivity index (χ2n) is 8.39. The molecule has 3 aromatic rings. The highest BCUT2D eigenvalue weighted by Crippen LogP contribution is 2.37. The molecule has 1 saturated carbocycles. The molecule has 2 aliphatic carbocycles. The van der Waals surface area contributed by atoms with Gasteiger partial charge in [0.1, 0.15) is 7.05 Å². The lowest BCUT2D eigenvalue weighted by atomic mass is 9.92. The number of pyridine rings is 1. The zero-order valence-electron chi connectivity index (χ0n) is 16.0.